The van der Waals surface area contributed by atoms with E-state index in [2.05, 4.69) is 15.9 Å². The van der Waals surface area contributed by atoms with E-state index in [1.165, 1.54) is 4.31 Å². The predicted molar refractivity (Wildman–Crippen MR) is 71.4 cm³/mol. The topological polar surface area (TPSA) is 37.4 Å². The molecule has 0 aliphatic heterocycles. The smallest absolute Gasteiger partial charge is 0.245 e. The Kier molecular flexibility index (Phi) is 5.28. The lowest BCUT2D eigenvalue weighted by atomic mass is 10.3. The minimum absolute atomic E-state index is 0.0430. The summed E-state index contributed by atoms with van der Waals surface area (Å²) in [5.41, 5.74) is 0.732. The summed E-state index contributed by atoms with van der Waals surface area (Å²) in [7, 11) is -3.24. The van der Waals surface area contributed by atoms with E-state index in [-0.39, 0.29) is 4.66 Å². The van der Waals surface area contributed by atoms with E-state index in [0.717, 1.165) is 18.5 Å². The number of unbranched alkanes of at least 4 members (excludes halogenated alkanes) is 1. The van der Waals surface area contributed by atoms with Gasteiger partial charge in [-0.3, -0.25) is 4.31 Å². The zero-order valence-corrected chi connectivity index (χ0v) is 11.7. The summed E-state index contributed by atoms with van der Waals surface area (Å²) in [5.74, 6) is 0. The number of halogens is 1. The van der Waals surface area contributed by atoms with Crippen molar-refractivity contribution in [1.29, 1.82) is 0 Å². The monoisotopic (exact) mass is 305 g/mol. The van der Waals surface area contributed by atoms with E-state index >= 15 is 0 Å². The molecule has 0 aliphatic rings. The van der Waals surface area contributed by atoms with Gasteiger partial charge in [0.25, 0.3) is 0 Å². The standard InChI is InChI=1S/C11H16BrNO2S/c1-2-3-9-13(16(14,15)10-12)11-7-5-4-6-8-11/h4-8H,2-3,9-10H2,1H3. The van der Waals surface area contributed by atoms with Gasteiger partial charge in [-0.25, -0.2) is 8.42 Å². The Balaban J connectivity index is 2.97. The summed E-state index contributed by atoms with van der Waals surface area (Å²) in [6.45, 7) is 2.58. The zero-order chi connectivity index (χ0) is 12.0. The molecule has 90 valence electrons. The number of hydrogen-bond donors (Lipinski definition) is 0. The average Bonchev–Trinajstić information content (AvgIpc) is 2.31. The number of alkyl halides is 1. The van der Waals surface area contributed by atoms with Gasteiger partial charge in [-0.2, -0.15) is 0 Å². The Morgan fingerprint density at radius 1 is 1.25 bits per heavy atom. The van der Waals surface area contributed by atoms with Crippen LogP contribution in [0.1, 0.15) is 19.8 Å². The van der Waals surface area contributed by atoms with E-state index in [9.17, 15) is 8.42 Å². The van der Waals surface area contributed by atoms with Crippen LogP contribution in [0.4, 0.5) is 5.69 Å². The molecule has 0 fully saturated rings. The van der Waals surface area contributed by atoms with E-state index in [0.29, 0.717) is 6.54 Å². The largest absolute Gasteiger partial charge is 0.270 e. The lowest BCUT2D eigenvalue weighted by molar-refractivity contribution is 0.594. The molecule has 1 aromatic rings. The Bertz CT molecular complexity index is 405. The predicted octanol–water partition coefficient (Wildman–Crippen LogP) is 2.98. The SMILES string of the molecule is CCCCN(c1ccccc1)S(=O)(=O)CBr. The van der Waals surface area contributed by atoms with Crippen LogP contribution >= 0.6 is 15.9 Å². The summed E-state index contributed by atoms with van der Waals surface area (Å²) in [5, 5.41) is 0. The van der Waals surface area contributed by atoms with Gasteiger partial charge in [0.15, 0.2) is 0 Å². The maximum atomic E-state index is 11.9. The highest BCUT2D eigenvalue weighted by atomic mass is 79.9. The van der Waals surface area contributed by atoms with Gasteiger partial charge >= 0.3 is 0 Å². The lowest BCUT2D eigenvalue weighted by Gasteiger charge is -2.23. The fourth-order valence-electron chi connectivity index (χ4n) is 1.38. The van der Waals surface area contributed by atoms with Crippen molar-refractivity contribution in [2.45, 2.75) is 19.8 Å². The molecule has 5 heteroatoms. The molecule has 0 spiro atoms. The van der Waals surface area contributed by atoms with Crippen molar-refractivity contribution in [3.63, 3.8) is 0 Å². The molecule has 0 unspecified atom stereocenters. The molecule has 0 amide bonds. The molecule has 3 nitrogen and oxygen atoms in total. The van der Waals surface area contributed by atoms with E-state index < -0.39 is 10.0 Å². The van der Waals surface area contributed by atoms with Crippen LogP contribution in [0, 0.1) is 0 Å². The normalized spacial score (nSPS) is 11.4. The highest BCUT2D eigenvalue weighted by Crippen LogP contribution is 2.19. The minimum Gasteiger partial charge on any atom is -0.270 e. The second-order valence-electron chi connectivity index (χ2n) is 3.48. The fourth-order valence-corrected chi connectivity index (χ4v) is 3.09. The van der Waals surface area contributed by atoms with Crippen LogP contribution in [0.5, 0.6) is 0 Å². The van der Waals surface area contributed by atoms with Crippen molar-refractivity contribution in [1.82, 2.24) is 0 Å². The molecule has 0 N–H and O–H groups in total. The Morgan fingerprint density at radius 3 is 2.38 bits per heavy atom. The Labute approximate surface area is 106 Å². The van der Waals surface area contributed by atoms with Gasteiger partial charge in [-0.05, 0) is 18.6 Å². The quantitative estimate of drug-likeness (QED) is 0.758. The summed E-state index contributed by atoms with van der Waals surface area (Å²) in [4.78, 5) is 0. The third-order valence-electron chi connectivity index (χ3n) is 2.23. The first-order valence-corrected chi connectivity index (χ1v) is 7.96. The van der Waals surface area contributed by atoms with Crippen LogP contribution in [0.3, 0.4) is 0 Å². The molecule has 0 heterocycles. The van der Waals surface area contributed by atoms with E-state index in [4.69, 9.17) is 0 Å². The van der Waals surface area contributed by atoms with E-state index in [1.807, 2.05) is 37.3 Å². The molecule has 0 saturated heterocycles. The molecule has 0 bridgehead atoms. The van der Waals surface area contributed by atoms with Crippen molar-refractivity contribution in [3.8, 4) is 0 Å². The van der Waals surface area contributed by atoms with Crippen molar-refractivity contribution in [3.05, 3.63) is 30.3 Å². The second-order valence-corrected chi connectivity index (χ2v) is 6.68. The van der Waals surface area contributed by atoms with Crippen molar-refractivity contribution >= 4 is 31.6 Å². The number of sulfonamides is 1. The second kappa shape index (κ2) is 6.25. The molecule has 0 aliphatic carbocycles. The first-order chi connectivity index (χ1) is 7.61. The summed E-state index contributed by atoms with van der Waals surface area (Å²) < 4.78 is 25.2. The van der Waals surface area contributed by atoms with Crippen LogP contribution in [-0.2, 0) is 10.0 Å². The number of anilines is 1. The molecule has 1 aromatic carbocycles. The Morgan fingerprint density at radius 2 is 1.88 bits per heavy atom. The zero-order valence-electron chi connectivity index (χ0n) is 9.27. The number of rotatable bonds is 6. The van der Waals surface area contributed by atoms with Crippen LogP contribution in [0.15, 0.2) is 30.3 Å². The Hall–Kier alpha value is -0.550. The number of hydrogen-bond acceptors (Lipinski definition) is 2. The van der Waals surface area contributed by atoms with Crippen LogP contribution in [0.2, 0.25) is 0 Å². The molecule has 1 rings (SSSR count). The third-order valence-corrected chi connectivity index (χ3v) is 5.31. The summed E-state index contributed by atoms with van der Waals surface area (Å²) in [6.07, 6.45) is 1.84. The lowest BCUT2D eigenvalue weighted by Crippen LogP contribution is -2.32. The number of para-hydroxylation sites is 1. The summed E-state index contributed by atoms with van der Waals surface area (Å²) in [6, 6.07) is 9.20. The van der Waals surface area contributed by atoms with Gasteiger partial charge in [-0.15, -0.1) is 0 Å². The number of benzene rings is 1. The third kappa shape index (κ3) is 3.49. The number of nitrogens with zero attached hydrogens (tertiary/aromatic N) is 1. The highest BCUT2D eigenvalue weighted by molar-refractivity contribution is 9.10. The molecular weight excluding hydrogens is 290 g/mol. The van der Waals surface area contributed by atoms with Gasteiger partial charge in [0.05, 0.1) is 5.69 Å². The average molecular weight is 306 g/mol. The van der Waals surface area contributed by atoms with Gasteiger partial charge in [-0.1, -0.05) is 47.5 Å². The van der Waals surface area contributed by atoms with Gasteiger partial charge in [0.2, 0.25) is 10.0 Å². The molecule has 16 heavy (non-hydrogen) atoms. The first kappa shape index (κ1) is 13.5. The van der Waals surface area contributed by atoms with Crippen LogP contribution in [-0.4, -0.2) is 19.6 Å². The highest BCUT2D eigenvalue weighted by Gasteiger charge is 2.20. The molecule has 0 aromatic heterocycles. The van der Waals surface area contributed by atoms with Crippen LogP contribution < -0.4 is 4.31 Å². The van der Waals surface area contributed by atoms with Gasteiger partial charge in [0, 0.05) is 6.54 Å². The van der Waals surface area contributed by atoms with Crippen molar-refractivity contribution < 1.29 is 8.42 Å². The maximum Gasteiger partial charge on any atom is 0.245 e. The molecule has 0 radical (unpaired) electrons. The van der Waals surface area contributed by atoms with Crippen molar-refractivity contribution in [2.75, 3.05) is 15.5 Å². The molecular formula is C11H16BrNO2S. The van der Waals surface area contributed by atoms with Gasteiger partial charge in [0.1, 0.15) is 4.66 Å². The fraction of sp³-hybridized carbons (Fsp3) is 0.455. The first-order valence-electron chi connectivity index (χ1n) is 5.23. The van der Waals surface area contributed by atoms with Gasteiger partial charge < -0.3 is 0 Å². The van der Waals surface area contributed by atoms with E-state index in [1.54, 1.807) is 0 Å². The maximum absolute atomic E-state index is 11.9. The van der Waals surface area contributed by atoms with Crippen LogP contribution in [0.25, 0.3) is 0 Å². The van der Waals surface area contributed by atoms with Crippen molar-refractivity contribution in [2.24, 2.45) is 0 Å². The summed E-state index contributed by atoms with van der Waals surface area (Å²) >= 11 is 3.03. The molecule has 0 saturated carbocycles. The minimum atomic E-state index is -3.24. The molecule has 0 atom stereocenters.